The van der Waals surface area contributed by atoms with Crippen LogP contribution < -0.4 is 4.90 Å². The van der Waals surface area contributed by atoms with Gasteiger partial charge in [0.15, 0.2) is 5.78 Å². The topological polar surface area (TPSA) is 20.3 Å². The number of ketones is 1. The number of benzene rings is 2. The van der Waals surface area contributed by atoms with E-state index in [2.05, 4.69) is 15.9 Å². The molecule has 0 fully saturated rings. The van der Waals surface area contributed by atoms with Crippen LogP contribution in [0.4, 0.5) is 5.69 Å². The lowest BCUT2D eigenvalue weighted by atomic mass is 10.0. The highest BCUT2D eigenvalue weighted by atomic mass is 79.9. The first kappa shape index (κ1) is 13.8. The van der Waals surface area contributed by atoms with Crippen LogP contribution in [0, 0.1) is 0 Å². The molecule has 0 spiro atoms. The number of anilines is 1. The number of nitrogens with zero attached hydrogens (tertiary/aromatic N) is 1. The molecule has 0 unspecified atom stereocenters. The van der Waals surface area contributed by atoms with Gasteiger partial charge >= 0.3 is 0 Å². The van der Waals surface area contributed by atoms with Crippen LogP contribution >= 0.6 is 15.9 Å². The summed E-state index contributed by atoms with van der Waals surface area (Å²) in [5, 5.41) is 0. The van der Waals surface area contributed by atoms with Crippen LogP contribution in [0.25, 0.3) is 0 Å². The lowest BCUT2D eigenvalue weighted by Crippen LogP contribution is -2.10. The lowest BCUT2D eigenvalue weighted by Gasteiger charge is -2.13. The molecule has 0 saturated carbocycles. The van der Waals surface area contributed by atoms with Crippen molar-refractivity contribution in [3.63, 3.8) is 0 Å². The Hall–Kier alpha value is -1.61. The first-order chi connectivity index (χ1) is 9.06. The minimum atomic E-state index is 0.141. The Labute approximate surface area is 122 Å². The molecule has 98 valence electrons. The second-order valence-electron chi connectivity index (χ2n) is 4.67. The number of hydrogen-bond donors (Lipinski definition) is 0. The summed E-state index contributed by atoms with van der Waals surface area (Å²) in [6.45, 7) is 0. The van der Waals surface area contributed by atoms with Crippen molar-refractivity contribution in [1.82, 2.24) is 0 Å². The number of Topliss-reactive ketones (excluding diaryl/α,β-unsaturated/α-hetero) is 1. The maximum Gasteiger partial charge on any atom is 0.167 e. The highest BCUT2D eigenvalue weighted by Gasteiger charge is 2.08. The zero-order valence-corrected chi connectivity index (χ0v) is 12.6. The quantitative estimate of drug-likeness (QED) is 0.796. The minimum absolute atomic E-state index is 0.141. The molecule has 0 aliphatic rings. The highest BCUT2D eigenvalue weighted by molar-refractivity contribution is 9.10. The fraction of sp³-hybridized carbons (Fsp3) is 0.188. The van der Waals surface area contributed by atoms with Gasteiger partial charge in [-0.05, 0) is 29.8 Å². The fourth-order valence-corrected chi connectivity index (χ4v) is 2.34. The van der Waals surface area contributed by atoms with Gasteiger partial charge in [-0.15, -0.1) is 0 Å². The summed E-state index contributed by atoms with van der Waals surface area (Å²) in [5.41, 5.74) is 2.82. The molecule has 2 aromatic carbocycles. The molecule has 0 amide bonds. The molecule has 0 aromatic heterocycles. The SMILES string of the molecule is CN(C)c1cccc(C(=O)Cc2cccc(Br)c2)c1. The Kier molecular flexibility index (Phi) is 4.38. The minimum Gasteiger partial charge on any atom is -0.378 e. The molecule has 19 heavy (non-hydrogen) atoms. The Bertz CT molecular complexity index is 593. The van der Waals surface area contributed by atoms with Crippen LogP contribution in [0.5, 0.6) is 0 Å². The van der Waals surface area contributed by atoms with Crippen LogP contribution in [0.1, 0.15) is 15.9 Å². The zero-order chi connectivity index (χ0) is 13.8. The van der Waals surface area contributed by atoms with E-state index in [1.54, 1.807) is 0 Å². The van der Waals surface area contributed by atoms with E-state index in [0.717, 1.165) is 21.3 Å². The van der Waals surface area contributed by atoms with Gasteiger partial charge in [0.2, 0.25) is 0 Å². The molecule has 0 saturated heterocycles. The van der Waals surface area contributed by atoms with Crippen molar-refractivity contribution in [2.24, 2.45) is 0 Å². The molecule has 0 radical (unpaired) electrons. The molecule has 0 heterocycles. The first-order valence-corrected chi connectivity index (χ1v) is 6.90. The van der Waals surface area contributed by atoms with Gasteiger partial charge in [-0.2, -0.15) is 0 Å². The van der Waals surface area contributed by atoms with E-state index >= 15 is 0 Å². The van der Waals surface area contributed by atoms with E-state index in [4.69, 9.17) is 0 Å². The molecule has 0 aliphatic heterocycles. The Morgan fingerprint density at radius 2 is 1.84 bits per heavy atom. The molecule has 3 heteroatoms. The van der Waals surface area contributed by atoms with E-state index in [-0.39, 0.29) is 5.78 Å². The summed E-state index contributed by atoms with van der Waals surface area (Å²) in [7, 11) is 3.94. The van der Waals surface area contributed by atoms with Gasteiger partial charge in [0.05, 0.1) is 0 Å². The number of carbonyl (C=O) groups is 1. The van der Waals surface area contributed by atoms with Gasteiger partial charge in [-0.3, -0.25) is 4.79 Å². The zero-order valence-electron chi connectivity index (χ0n) is 11.1. The summed E-state index contributed by atoms with van der Waals surface area (Å²) in [6, 6.07) is 15.6. The summed E-state index contributed by atoms with van der Waals surface area (Å²) < 4.78 is 1.000. The van der Waals surface area contributed by atoms with E-state index in [0.29, 0.717) is 6.42 Å². The Morgan fingerprint density at radius 1 is 1.11 bits per heavy atom. The third kappa shape index (κ3) is 3.67. The molecule has 2 rings (SSSR count). The average Bonchev–Trinajstić information content (AvgIpc) is 2.39. The smallest absolute Gasteiger partial charge is 0.167 e. The van der Waals surface area contributed by atoms with Gasteiger partial charge in [-0.1, -0.05) is 40.2 Å². The normalized spacial score (nSPS) is 10.3. The van der Waals surface area contributed by atoms with Crippen LogP contribution in [-0.4, -0.2) is 19.9 Å². The molecule has 0 atom stereocenters. The van der Waals surface area contributed by atoms with Gasteiger partial charge in [0.25, 0.3) is 0 Å². The molecule has 2 aromatic rings. The van der Waals surface area contributed by atoms with Crippen LogP contribution in [0.2, 0.25) is 0 Å². The second kappa shape index (κ2) is 6.02. The second-order valence-corrected chi connectivity index (χ2v) is 5.59. The summed E-state index contributed by atoms with van der Waals surface area (Å²) >= 11 is 3.42. The van der Waals surface area contributed by atoms with Crippen LogP contribution in [0.3, 0.4) is 0 Å². The van der Waals surface area contributed by atoms with E-state index in [1.807, 2.05) is 67.5 Å². The Morgan fingerprint density at radius 3 is 2.53 bits per heavy atom. The monoisotopic (exact) mass is 317 g/mol. The number of rotatable bonds is 4. The predicted molar refractivity (Wildman–Crippen MR) is 82.9 cm³/mol. The number of carbonyl (C=O) groups excluding carboxylic acids is 1. The van der Waals surface area contributed by atoms with E-state index < -0.39 is 0 Å². The number of halogens is 1. The van der Waals surface area contributed by atoms with Crippen LogP contribution in [0.15, 0.2) is 53.0 Å². The van der Waals surface area contributed by atoms with Gasteiger partial charge < -0.3 is 4.90 Å². The van der Waals surface area contributed by atoms with Crippen molar-refractivity contribution in [1.29, 1.82) is 0 Å². The van der Waals surface area contributed by atoms with Crippen molar-refractivity contribution in [2.45, 2.75) is 6.42 Å². The van der Waals surface area contributed by atoms with Gasteiger partial charge in [0, 0.05) is 36.2 Å². The molecule has 0 N–H and O–H groups in total. The average molecular weight is 318 g/mol. The standard InChI is InChI=1S/C16H16BrNO/c1-18(2)15-8-4-6-13(11-15)16(19)10-12-5-3-7-14(17)9-12/h3-9,11H,10H2,1-2H3. The summed E-state index contributed by atoms with van der Waals surface area (Å²) in [6.07, 6.45) is 0.427. The van der Waals surface area contributed by atoms with Crippen molar-refractivity contribution in [3.8, 4) is 0 Å². The first-order valence-electron chi connectivity index (χ1n) is 6.11. The predicted octanol–water partition coefficient (Wildman–Crippen LogP) is 3.94. The van der Waals surface area contributed by atoms with Gasteiger partial charge in [-0.25, -0.2) is 0 Å². The summed E-state index contributed by atoms with van der Waals surface area (Å²) in [5.74, 6) is 0.141. The molecule has 2 nitrogen and oxygen atoms in total. The number of hydrogen-bond acceptors (Lipinski definition) is 2. The van der Waals surface area contributed by atoms with Crippen molar-refractivity contribution in [2.75, 3.05) is 19.0 Å². The Balaban J connectivity index is 2.18. The van der Waals surface area contributed by atoms with E-state index in [9.17, 15) is 4.79 Å². The van der Waals surface area contributed by atoms with Crippen molar-refractivity contribution < 1.29 is 4.79 Å². The third-order valence-electron chi connectivity index (χ3n) is 2.94. The van der Waals surface area contributed by atoms with Crippen molar-refractivity contribution >= 4 is 27.4 Å². The maximum absolute atomic E-state index is 12.3. The molecule has 0 bridgehead atoms. The molecule has 0 aliphatic carbocycles. The fourth-order valence-electron chi connectivity index (χ4n) is 1.89. The van der Waals surface area contributed by atoms with Crippen molar-refractivity contribution in [3.05, 3.63) is 64.1 Å². The summed E-state index contributed by atoms with van der Waals surface area (Å²) in [4.78, 5) is 14.3. The largest absolute Gasteiger partial charge is 0.378 e. The third-order valence-corrected chi connectivity index (χ3v) is 3.43. The van der Waals surface area contributed by atoms with Gasteiger partial charge in [0.1, 0.15) is 0 Å². The molecular formula is C16H16BrNO. The van der Waals surface area contributed by atoms with Crippen LogP contribution in [-0.2, 0) is 6.42 Å². The van der Waals surface area contributed by atoms with E-state index in [1.165, 1.54) is 0 Å². The molecular weight excluding hydrogens is 302 g/mol. The maximum atomic E-state index is 12.3. The highest BCUT2D eigenvalue weighted by Crippen LogP contribution is 2.17. The lowest BCUT2D eigenvalue weighted by molar-refractivity contribution is 0.0993.